The molecule has 0 fully saturated rings. The first kappa shape index (κ1) is 12.5. The molecule has 2 aromatic rings. The fourth-order valence-corrected chi connectivity index (χ4v) is 1.81. The molecule has 2 aromatic heterocycles. The zero-order valence-corrected chi connectivity index (χ0v) is 10.8. The summed E-state index contributed by atoms with van der Waals surface area (Å²) in [6, 6.07) is 0. The molecule has 0 atom stereocenters. The molecule has 18 heavy (non-hydrogen) atoms. The number of hydrogen-bond acceptors (Lipinski definition) is 6. The van der Waals surface area contributed by atoms with Gasteiger partial charge in [-0.25, -0.2) is 9.97 Å². The van der Waals surface area contributed by atoms with Crippen LogP contribution in [0.2, 0.25) is 0 Å². The second-order valence-electron chi connectivity index (χ2n) is 4.19. The maximum absolute atomic E-state index is 5.83. The average Bonchev–Trinajstić information content (AvgIpc) is 2.80. The SMILES string of the molecule is CCC(CC)c1nc(-c2cnc(C)nc2N)no1. The third-order valence-corrected chi connectivity index (χ3v) is 2.96. The number of nitrogen functional groups attached to an aromatic ring is 1. The summed E-state index contributed by atoms with van der Waals surface area (Å²) in [6.45, 7) is 5.98. The van der Waals surface area contributed by atoms with Crippen molar-refractivity contribution in [1.82, 2.24) is 20.1 Å². The van der Waals surface area contributed by atoms with Gasteiger partial charge < -0.3 is 10.3 Å². The first-order valence-corrected chi connectivity index (χ1v) is 6.08. The number of nitrogens with zero attached hydrogens (tertiary/aromatic N) is 4. The molecule has 0 spiro atoms. The second kappa shape index (κ2) is 5.12. The van der Waals surface area contributed by atoms with Gasteiger partial charge in [0.1, 0.15) is 11.6 Å². The van der Waals surface area contributed by atoms with E-state index in [0.717, 1.165) is 12.8 Å². The van der Waals surface area contributed by atoms with Crippen LogP contribution in [-0.2, 0) is 0 Å². The molecule has 0 saturated carbocycles. The minimum Gasteiger partial charge on any atom is -0.383 e. The molecular weight excluding hydrogens is 230 g/mol. The molecule has 0 radical (unpaired) electrons. The van der Waals surface area contributed by atoms with E-state index >= 15 is 0 Å². The van der Waals surface area contributed by atoms with E-state index in [9.17, 15) is 0 Å². The molecular formula is C12H17N5O. The van der Waals surface area contributed by atoms with Crippen LogP contribution in [0, 0.1) is 6.92 Å². The zero-order valence-electron chi connectivity index (χ0n) is 10.8. The Hall–Kier alpha value is -1.98. The van der Waals surface area contributed by atoms with Crippen molar-refractivity contribution in [2.24, 2.45) is 0 Å². The Morgan fingerprint density at radius 3 is 2.61 bits per heavy atom. The minimum absolute atomic E-state index is 0.291. The van der Waals surface area contributed by atoms with Gasteiger partial charge in [0, 0.05) is 12.1 Å². The largest absolute Gasteiger partial charge is 0.383 e. The van der Waals surface area contributed by atoms with Crippen molar-refractivity contribution in [3.8, 4) is 11.4 Å². The molecule has 2 rings (SSSR count). The monoisotopic (exact) mass is 247 g/mol. The van der Waals surface area contributed by atoms with Gasteiger partial charge >= 0.3 is 0 Å². The van der Waals surface area contributed by atoms with Gasteiger partial charge in [-0.05, 0) is 19.8 Å². The van der Waals surface area contributed by atoms with E-state index in [1.54, 1.807) is 13.1 Å². The van der Waals surface area contributed by atoms with Gasteiger partial charge in [0.25, 0.3) is 0 Å². The molecule has 0 amide bonds. The molecule has 0 aliphatic carbocycles. The van der Waals surface area contributed by atoms with Gasteiger partial charge in [-0.15, -0.1) is 0 Å². The molecule has 0 aliphatic heterocycles. The van der Waals surface area contributed by atoms with Gasteiger partial charge in [-0.2, -0.15) is 4.98 Å². The van der Waals surface area contributed by atoms with Crippen LogP contribution >= 0.6 is 0 Å². The Bertz CT molecular complexity index is 533. The van der Waals surface area contributed by atoms with Gasteiger partial charge in [0.2, 0.25) is 11.7 Å². The van der Waals surface area contributed by atoms with E-state index in [2.05, 4.69) is 34.0 Å². The predicted molar refractivity (Wildman–Crippen MR) is 67.8 cm³/mol. The minimum atomic E-state index is 0.291. The number of hydrogen-bond donors (Lipinski definition) is 1. The first-order valence-electron chi connectivity index (χ1n) is 6.08. The molecule has 0 saturated heterocycles. The standard InChI is InChI=1S/C12H17N5O/c1-4-8(5-2)12-16-11(17-18-12)9-6-14-7(3)15-10(9)13/h6,8H,4-5H2,1-3H3,(H2,13,14,15). The highest BCUT2D eigenvalue weighted by molar-refractivity contribution is 5.66. The molecule has 6 heteroatoms. The lowest BCUT2D eigenvalue weighted by molar-refractivity contribution is 0.346. The highest BCUT2D eigenvalue weighted by atomic mass is 16.5. The van der Waals surface area contributed by atoms with Crippen LogP contribution < -0.4 is 5.73 Å². The van der Waals surface area contributed by atoms with Crippen LogP contribution in [0.1, 0.15) is 44.3 Å². The van der Waals surface area contributed by atoms with E-state index in [1.807, 2.05) is 0 Å². The molecule has 2 N–H and O–H groups in total. The van der Waals surface area contributed by atoms with Crippen molar-refractivity contribution in [3.63, 3.8) is 0 Å². The van der Waals surface area contributed by atoms with Crippen molar-refractivity contribution < 1.29 is 4.52 Å². The van der Waals surface area contributed by atoms with Crippen LogP contribution in [-0.4, -0.2) is 20.1 Å². The maximum Gasteiger partial charge on any atom is 0.230 e. The summed E-state index contributed by atoms with van der Waals surface area (Å²) in [7, 11) is 0. The van der Waals surface area contributed by atoms with Gasteiger partial charge in [0.15, 0.2) is 0 Å². The Morgan fingerprint density at radius 1 is 1.28 bits per heavy atom. The van der Waals surface area contributed by atoms with Crippen LogP contribution in [0.15, 0.2) is 10.7 Å². The molecule has 96 valence electrons. The summed E-state index contributed by atoms with van der Waals surface area (Å²) in [4.78, 5) is 12.6. The quantitative estimate of drug-likeness (QED) is 0.891. The Labute approximate surface area is 106 Å². The summed E-state index contributed by atoms with van der Waals surface area (Å²) in [6.07, 6.45) is 3.56. The normalized spacial score (nSPS) is 11.1. The third kappa shape index (κ3) is 2.32. The highest BCUT2D eigenvalue weighted by Gasteiger charge is 2.18. The Balaban J connectivity index is 2.34. The smallest absolute Gasteiger partial charge is 0.230 e. The number of aromatic nitrogens is 4. The Kier molecular flexibility index (Phi) is 3.55. The van der Waals surface area contributed by atoms with Gasteiger partial charge in [-0.3, -0.25) is 0 Å². The Morgan fingerprint density at radius 2 is 2.00 bits per heavy atom. The molecule has 0 bridgehead atoms. The van der Waals surface area contributed by atoms with Crippen molar-refractivity contribution in [2.75, 3.05) is 5.73 Å². The number of nitrogens with two attached hydrogens (primary N) is 1. The molecule has 2 heterocycles. The number of anilines is 1. The number of aryl methyl sites for hydroxylation is 1. The van der Waals surface area contributed by atoms with Crippen LogP contribution in [0.3, 0.4) is 0 Å². The van der Waals surface area contributed by atoms with E-state index in [0.29, 0.717) is 34.8 Å². The van der Waals surface area contributed by atoms with E-state index < -0.39 is 0 Å². The molecule has 0 aliphatic rings. The van der Waals surface area contributed by atoms with Gasteiger partial charge in [-0.1, -0.05) is 19.0 Å². The predicted octanol–water partition coefficient (Wildman–Crippen LogP) is 2.32. The first-order chi connectivity index (χ1) is 8.65. The van der Waals surface area contributed by atoms with E-state index in [-0.39, 0.29) is 0 Å². The van der Waals surface area contributed by atoms with E-state index in [1.165, 1.54) is 0 Å². The lowest BCUT2D eigenvalue weighted by Crippen LogP contribution is -1.99. The summed E-state index contributed by atoms with van der Waals surface area (Å²) < 4.78 is 5.28. The molecule has 6 nitrogen and oxygen atoms in total. The highest BCUT2D eigenvalue weighted by Crippen LogP contribution is 2.25. The van der Waals surface area contributed by atoms with Crippen LogP contribution in [0.5, 0.6) is 0 Å². The average molecular weight is 247 g/mol. The van der Waals surface area contributed by atoms with Gasteiger partial charge in [0.05, 0.1) is 5.56 Å². The lowest BCUT2D eigenvalue weighted by Gasteiger charge is -2.04. The maximum atomic E-state index is 5.83. The second-order valence-corrected chi connectivity index (χ2v) is 4.19. The summed E-state index contributed by atoms with van der Waals surface area (Å²) in [5.74, 6) is 2.39. The van der Waals surface area contributed by atoms with Crippen LogP contribution in [0.4, 0.5) is 5.82 Å². The van der Waals surface area contributed by atoms with Crippen molar-refractivity contribution in [2.45, 2.75) is 39.5 Å². The van der Waals surface area contributed by atoms with Crippen molar-refractivity contribution in [1.29, 1.82) is 0 Å². The third-order valence-electron chi connectivity index (χ3n) is 2.96. The molecule has 0 aromatic carbocycles. The van der Waals surface area contributed by atoms with Crippen molar-refractivity contribution >= 4 is 5.82 Å². The van der Waals surface area contributed by atoms with E-state index in [4.69, 9.17) is 10.3 Å². The summed E-state index contributed by atoms with van der Waals surface area (Å²) in [5.41, 5.74) is 6.44. The topological polar surface area (TPSA) is 90.7 Å². The van der Waals surface area contributed by atoms with Crippen LogP contribution in [0.25, 0.3) is 11.4 Å². The summed E-state index contributed by atoms with van der Waals surface area (Å²) >= 11 is 0. The fraction of sp³-hybridized carbons (Fsp3) is 0.500. The number of rotatable bonds is 4. The zero-order chi connectivity index (χ0) is 13.1. The lowest BCUT2D eigenvalue weighted by atomic mass is 10.0. The van der Waals surface area contributed by atoms with Crippen molar-refractivity contribution in [3.05, 3.63) is 17.9 Å². The molecule has 0 unspecified atom stereocenters. The fourth-order valence-electron chi connectivity index (χ4n) is 1.81. The summed E-state index contributed by atoms with van der Waals surface area (Å²) in [5, 5.41) is 3.95.